The third kappa shape index (κ3) is 12.1. The Balaban J connectivity index is 0.818. The lowest BCUT2D eigenvalue weighted by atomic mass is 9.79. The van der Waals surface area contributed by atoms with Crippen LogP contribution in [0.15, 0.2) is 85.2 Å². The van der Waals surface area contributed by atoms with Gasteiger partial charge in [-0.05, 0) is 204 Å². The third-order valence-corrected chi connectivity index (χ3v) is 29.2. The molecule has 4 aromatic heterocycles. The predicted molar refractivity (Wildman–Crippen MR) is 408 cm³/mol. The number of carbonyl (C=O) groups excluding carboxylic acids is 4. The number of aryl methyl sites for hydroxylation is 1. The van der Waals surface area contributed by atoms with Gasteiger partial charge in [0.25, 0.3) is 23.6 Å². The fourth-order valence-corrected chi connectivity index (χ4v) is 22.3. The van der Waals surface area contributed by atoms with Gasteiger partial charge in [0.2, 0.25) is 26.2 Å². The van der Waals surface area contributed by atoms with Gasteiger partial charge < -0.3 is 33.1 Å². The van der Waals surface area contributed by atoms with E-state index in [4.69, 9.17) is 19.3 Å². The maximum Gasteiger partial charge on any atom is 0.264 e. The van der Waals surface area contributed by atoms with E-state index in [9.17, 15) is 26.4 Å². The Kier molecular flexibility index (Phi) is 18.2. The number of hydrogen-bond acceptors (Lipinski definition) is 13. The molecule has 22 nitrogen and oxygen atoms in total. The molecule has 2 bridgehead atoms. The van der Waals surface area contributed by atoms with Crippen molar-refractivity contribution in [3.8, 4) is 34.0 Å². The molecular weight excluding hydrogens is 1380 g/mol. The molecule has 0 radical (unpaired) electrons. The van der Waals surface area contributed by atoms with Crippen molar-refractivity contribution in [2.24, 2.45) is 14.1 Å². The van der Waals surface area contributed by atoms with Crippen LogP contribution in [0.25, 0.3) is 67.6 Å². The normalized spacial score (nSPS) is 23.1. The highest BCUT2D eigenvalue weighted by Gasteiger charge is 2.46. The molecule has 4 aromatic carbocycles. The minimum absolute atomic E-state index is 0.0526. The largest absolute Gasteiger partial charge is 0.497 e. The Hall–Kier alpha value is -8.84. The first kappa shape index (κ1) is 70.2. The van der Waals surface area contributed by atoms with Crippen molar-refractivity contribution in [1.82, 2.24) is 47.7 Å². The number of fused-ring (bicyclic) bond motifs is 12. The van der Waals surface area contributed by atoms with Crippen molar-refractivity contribution >= 4 is 88.8 Å². The van der Waals surface area contributed by atoms with E-state index in [1.54, 1.807) is 37.2 Å². The number of methoxy groups -OCH3 is 2. The molecule has 6 unspecified atom stereocenters. The number of sulfonamides is 2. The molecule has 6 atom stereocenters. The first-order valence-electron chi connectivity index (χ1n) is 38.4. The van der Waals surface area contributed by atoms with Crippen molar-refractivity contribution in [3.05, 3.63) is 141 Å². The summed E-state index contributed by atoms with van der Waals surface area (Å²) in [5, 5.41) is 5.50. The fourth-order valence-electron chi connectivity index (χ4n) is 19.3. The van der Waals surface area contributed by atoms with Crippen LogP contribution in [0.2, 0.25) is 0 Å². The lowest BCUT2D eigenvalue weighted by Crippen LogP contribution is -2.57. The molecule has 106 heavy (non-hydrogen) atoms. The van der Waals surface area contributed by atoms with Crippen LogP contribution in [0.1, 0.15) is 222 Å². The number of morpholine rings is 1. The summed E-state index contributed by atoms with van der Waals surface area (Å²) < 4.78 is 88.7. The fraction of sp³-hybridized carbons (Fsp3) is 0.488. The Bertz CT molecular complexity index is 5210. The molecule has 5 aliphatic heterocycles. The van der Waals surface area contributed by atoms with E-state index in [2.05, 4.69) is 102 Å². The molecular formula is C82H96N11O11S2+. The van der Waals surface area contributed by atoms with Gasteiger partial charge in [-0.1, -0.05) is 44.2 Å². The number of nitrogens with one attached hydrogen (secondary N) is 2. The molecule has 4 aliphatic carbocycles. The Morgan fingerprint density at radius 1 is 0.557 bits per heavy atom. The number of hydrogen-bond donors (Lipinski definition) is 2. The van der Waals surface area contributed by atoms with Gasteiger partial charge in [-0.2, -0.15) is 9.78 Å². The van der Waals surface area contributed by atoms with Crippen LogP contribution < -0.4 is 23.6 Å². The number of amides is 4. The highest BCUT2D eigenvalue weighted by molar-refractivity contribution is 7.91. The molecule has 4 saturated carbocycles. The van der Waals surface area contributed by atoms with Crippen molar-refractivity contribution in [2.75, 3.05) is 47.6 Å². The van der Waals surface area contributed by atoms with Crippen molar-refractivity contribution in [1.29, 1.82) is 0 Å². The summed E-state index contributed by atoms with van der Waals surface area (Å²) in [5.41, 5.74) is 14.1. The van der Waals surface area contributed by atoms with Crippen LogP contribution in [0.3, 0.4) is 0 Å². The second-order valence-electron chi connectivity index (χ2n) is 31.7. The van der Waals surface area contributed by atoms with E-state index < -0.39 is 42.4 Å². The average molecular weight is 1480 g/mol. The van der Waals surface area contributed by atoms with E-state index in [-0.39, 0.29) is 71.5 Å². The molecule has 4 amide bonds. The van der Waals surface area contributed by atoms with Crippen LogP contribution in [0.4, 0.5) is 0 Å². The maximum absolute atomic E-state index is 16.4. The maximum atomic E-state index is 16.4. The first-order chi connectivity index (χ1) is 51.1. The molecule has 24 heteroatoms. The second-order valence-corrected chi connectivity index (χ2v) is 35.6. The van der Waals surface area contributed by atoms with Crippen LogP contribution in [0, 0.1) is 0 Å². The van der Waals surface area contributed by atoms with Crippen LogP contribution in [-0.4, -0.2) is 161 Å². The topological polar surface area (TPSA) is 235 Å². The summed E-state index contributed by atoms with van der Waals surface area (Å²) in [6, 6.07) is 23.5. The van der Waals surface area contributed by atoms with Crippen molar-refractivity contribution in [3.63, 3.8) is 0 Å². The Morgan fingerprint density at radius 2 is 1.07 bits per heavy atom. The number of ether oxygens (including phenoxy) is 3. The summed E-state index contributed by atoms with van der Waals surface area (Å²) in [7, 11) is 1.54. The van der Waals surface area contributed by atoms with Crippen LogP contribution in [-0.2, 0) is 52.0 Å². The molecule has 0 spiro atoms. The minimum atomic E-state index is -3.95. The van der Waals surface area contributed by atoms with Crippen LogP contribution in [0.5, 0.6) is 11.5 Å². The molecule has 7 fully saturated rings. The molecule has 17 rings (SSSR count). The number of aromatic nitrogens is 6. The zero-order valence-corrected chi connectivity index (χ0v) is 63.4. The SMILES string of the molecule is COc1ccc2c(c1)C=C(c1c(C(=O)N3CC(C)N(C)C(C)C3)cnn1C)Cn1c-2c(C2CCCC([n+]3cc(C(=O)N4C5CCCC4COC5)c(C4=Cc5cc(OC)ccc5-c5c(C6CCCCC6)c6ccc(C(=O)NS(=O)(=O)C7CCC7)cc6n5C4)n3C)C2)c2ccc(C(=O)NS(=O)(=O)C3CCC3)cc21. The monoisotopic (exact) mass is 1470 g/mol. The number of rotatable bonds is 15. The lowest BCUT2D eigenvalue weighted by Gasteiger charge is -2.45. The van der Waals surface area contributed by atoms with E-state index in [0.717, 1.165) is 161 Å². The minimum Gasteiger partial charge on any atom is -0.497 e. The first-order valence-corrected chi connectivity index (χ1v) is 41.5. The number of carbonyl (C=O) groups is 4. The summed E-state index contributed by atoms with van der Waals surface area (Å²) >= 11 is 0. The van der Waals surface area contributed by atoms with E-state index in [1.165, 1.54) is 5.56 Å². The lowest BCUT2D eigenvalue weighted by molar-refractivity contribution is -0.798. The van der Waals surface area contributed by atoms with Crippen LogP contribution >= 0.6 is 0 Å². The van der Waals surface area contributed by atoms with Gasteiger partial charge in [-0.15, -0.1) is 4.68 Å². The average Bonchev–Trinajstić information content (AvgIpc) is 1.57. The highest BCUT2D eigenvalue weighted by atomic mass is 32.2. The second kappa shape index (κ2) is 27.4. The number of benzene rings is 4. The molecule has 2 N–H and O–H groups in total. The van der Waals surface area contributed by atoms with Gasteiger partial charge in [0.05, 0.1) is 99.0 Å². The standard InChI is InChI=1S/C82H95N11O11S2/c1-48-41-89(42-49(2)86(48)3)81(96)69-40-83-87(4)75(69)56-33-54-36-61(102-6)28-32-66(54)78-74(68-30-26-53(39-72(68)90(78)43-56)80(95)85-106(100,101)64-23-14-24-64)51-17-11-18-58(35-51)92-45-70(82(97)93-59-19-12-20-60(93)47-104-46-59)76(88(92)5)57-34-55-37-62(103-7)27-31-65(55)77-73(50-15-9-8-10-16-50)67-29-25-52(38-71(67)91(77)44-57)79(94)84-105(98,99)63-21-13-22-63/h25-34,36-40,45,48-51,58-60,63-64H,8-24,35,41-44,46-47H2,1-7H3,(H-,84,85,94,95)/p+1. The quantitative estimate of drug-likeness (QED) is 0.0910. The van der Waals surface area contributed by atoms with Gasteiger partial charge in [0.15, 0.2) is 6.04 Å². The van der Waals surface area contributed by atoms with Crippen molar-refractivity contribution < 1.29 is 54.9 Å². The van der Waals surface area contributed by atoms with E-state index in [1.807, 2.05) is 54.4 Å². The number of piperazine rings is 1. The number of allylic oxidation sites excluding steroid dienone is 2. The van der Waals surface area contributed by atoms with Gasteiger partial charge in [-0.25, -0.2) is 26.3 Å². The number of nitrogens with zero attached hydrogens (tertiary/aromatic N) is 9. The van der Waals surface area contributed by atoms with Gasteiger partial charge in [-0.3, -0.25) is 28.8 Å². The molecule has 9 aliphatic rings. The highest BCUT2D eigenvalue weighted by Crippen LogP contribution is 2.52. The number of piperidine rings is 1. The summed E-state index contributed by atoms with van der Waals surface area (Å²) in [6.45, 7) is 6.86. The molecule has 3 saturated heterocycles. The Morgan fingerprint density at radius 3 is 1.59 bits per heavy atom. The smallest absolute Gasteiger partial charge is 0.264 e. The number of likely N-dealkylation sites (N-methyl/N-ethyl adjacent to an activating group) is 1. The summed E-state index contributed by atoms with van der Waals surface area (Å²) in [4.78, 5) is 66.7. The molecule has 9 heterocycles. The summed E-state index contributed by atoms with van der Waals surface area (Å²) in [5.74, 6) is -0.0777. The predicted octanol–water partition coefficient (Wildman–Crippen LogP) is 12.1. The van der Waals surface area contributed by atoms with E-state index >= 15 is 9.59 Å². The Labute approximate surface area is 619 Å². The van der Waals surface area contributed by atoms with Gasteiger partial charge in [0.1, 0.15) is 22.8 Å². The zero-order chi connectivity index (χ0) is 73.4. The molecule has 8 aromatic rings. The summed E-state index contributed by atoms with van der Waals surface area (Å²) in [6.07, 6.45) is 22.8. The van der Waals surface area contributed by atoms with Crippen molar-refractivity contribution in [2.45, 2.75) is 195 Å². The zero-order valence-electron chi connectivity index (χ0n) is 61.7. The van der Waals surface area contributed by atoms with Gasteiger partial charge in [0, 0.05) is 94.7 Å². The molecule has 556 valence electrons. The third-order valence-electron chi connectivity index (χ3n) is 25.5. The van der Waals surface area contributed by atoms with E-state index in [0.29, 0.717) is 93.3 Å². The van der Waals surface area contributed by atoms with Gasteiger partial charge >= 0.3 is 0 Å².